The molecule has 0 aliphatic carbocycles. The molecule has 0 aromatic heterocycles. The van der Waals surface area contributed by atoms with Crippen LogP contribution >= 0.6 is 0 Å². The zero-order valence-corrected chi connectivity index (χ0v) is 7.30. The minimum absolute atomic E-state index is 0.0283. The largest absolute Gasteiger partial charge is 0.394 e. The molecule has 0 radical (unpaired) electrons. The number of nitrogens with two attached hydrogens (primary N) is 1. The molecule has 2 amide bonds. The first-order valence-electron chi connectivity index (χ1n) is 4.00. The number of aliphatic hydroxyl groups excluding tert-OH is 1. The Morgan fingerprint density at radius 2 is 2.00 bits per heavy atom. The fourth-order valence-electron chi connectivity index (χ4n) is 0.890. The summed E-state index contributed by atoms with van der Waals surface area (Å²) in [5.74, 6) is -2.15. The van der Waals surface area contributed by atoms with Gasteiger partial charge >= 0.3 is 5.97 Å². The van der Waals surface area contributed by atoms with E-state index in [1.165, 1.54) is 0 Å². The van der Waals surface area contributed by atoms with E-state index in [0.29, 0.717) is 5.06 Å². The first kappa shape index (κ1) is 10.6. The molecular weight excluding hydrogens is 192 g/mol. The Bertz CT molecular complexity index is 261. The van der Waals surface area contributed by atoms with E-state index in [2.05, 4.69) is 4.84 Å². The first-order valence-corrected chi connectivity index (χ1v) is 4.00. The number of aliphatic hydroxyl groups is 1. The maximum atomic E-state index is 11.0. The van der Waals surface area contributed by atoms with Gasteiger partial charge in [-0.2, -0.15) is 0 Å². The maximum Gasteiger partial charge on any atom is 0.352 e. The molecule has 78 valence electrons. The van der Waals surface area contributed by atoms with E-state index in [9.17, 15) is 14.4 Å². The van der Waals surface area contributed by atoms with Crippen molar-refractivity contribution < 1.29 is 24.3 Å². The normalized spacial score (nSPS) is 18.6. The topological polar surface area (TPSA) is 110 Å². The predicted octanol–water partition coefficient (Wildman–Crippen LogP) is -2.09. The number of hydroxylamine groups is 2. The number of hydrogen-bond acceptors (Lipinski definition) is 6. The van der Waals surface area contributed by atoms with Crippen molar-refractivity contribution in [2.45, 2.75) is 18.9 Å². The summed E-state index contributed by atoms with van der Waals surface area (Å²) < 4.78 is 0. The highest BCUT2D eigenvalue weighted by atomic mass is 16.7. The summed E-state index contributed by atoms with van der Waals surface area (Å²) in [7, 11) is 0. The third-order valence-corrected chi connectivity index (χ3v) is 1.69. The van der Waals surface area contributed by atoms with Crippen molar-refractivity contribution in [2.24, 2.45) is 5.73 Å². The molecule has 0 unspecified atom stereocenters. The Labute approximate surface area is 79.4 Å². The third-order valence-electron chi connectivity index (χ3n) is 1.69. The van der Waals surface area contributed by atoms with Crippen LogP contribution in [0.1, 0.15) is 12.8 Å². The Morgan fingerprint density at radius 1 is 1.50 bits per heavy atom. The Morgan fingerprint density at radius 3 is 2.43 bits per heavy atom. The quantitative estimate of drug-likeness (QED) is 0.508. The van der Waals surface area contributed by atoms with Crippen LogP contribution in [0.15, 0.2) is 0 Å². The van der Waals surface area contributed by atoms with Crippen molar-refractivity contribution in [1.82, 2.24) is 5.06 Å². The number of carbonyl (C=O) groups is 3. The van der Waals surface area contributed by atoms with Gasteiger partial charge in [-0.05, 0) is 0 Å². The molecule has 1 heterocycles. The molecule has 1 aliphatic heterocycles. The molecule has 0 bridgehead atoms. The first-order chi connectivity index (χ1) is 6.56. The molecule has 0 aromatic rings. The van der Waals surface area contributed by atoms with Crippen LogP contribution in [0.4, 0.5) is 0 Å². The summed E-state index contributed by atoms with van der Waals surface area (Å²) in [6.45, 7) is -0.602. The van der Waals surface area contributed by atoms with Gasteiger partial charge < -0.3 is 15.7 Å². The molecule has 0 spiro atoms. The van der Waals surface area contributed by atoms with Gasteiger partial charge in [0.2, 0.25) is 0 Å². The van der Waals surface area contributed by atoms with Crippen LogP contribution in [-0.2, 0) is 19.2 Å². The standard InChI is InChI=1S/C7H10N2O5/c8-4(3-10)7(13)14-9-5(11)1-2-6(9)12/h4,10H,1-3,8H2/t4-/m0/s1. The molecule has 0 aromatic carbocycles. The average molecular weight is 202 g/mol. The second-order valence-electron chi connectivity index (χ2n) is 2.78. The maximum absolute atomic E-state index is 11.0. The second-order valence-corrected chi connectivity index (χ2v) is 2.78. The highest BCUT2D eigenvalue weighted by Crippen LogP contribution is 2.12. The summed E-state index contributed by atoms with van der Waals surface area (Å²) in [5, 5.41) is 8.88. The monoisotopic (exact) mass is 202 g/mol. The summed E-state index contributed by atoms with van der Waals surface area (Å²) in [4.78, 5) is 37.3. The molecule has 1 fully saturated rings. The fourth-order valence-corrected chi connectivity index (χ4v) is 0.890. The molecular formula is C7H10N2O5. The van der Waals surface area contributed by atoms with Crippen LogP contribution in [0.25, 0.3) is 0 Å². The molecule has 7 nitrogen and oxygen atoms in total. The van der Waals surface area contributed by atoms with Gasteiger partial charge in [-0.15, -0.1) is 5.06 Å². The number of amides is 2. The molecule has 1 aliphatic rings. The minimum atomic E-state index is -1.24. The Hall–Kier alpha value is -1.47. The highest BCUT2D eigenvalue weighted by Gasteiger charge is 2.33. The lowest BCUT2D eigenvalue weighted by molar-refractivity contribution is -0.198. The second kappa shape index (κ2) is 4.16. The van der Waals surface area contributed by atoms with Crippen molar-refractivity contribution in [3.05, 3.63) is 0 Å². The van der Waals surface area contributed by atoms with E-state index in [-0.39, 0.29) is 12.8 Å². The van der Waals surface area contributed by atoms with Gasteiger partial charge in [0.15, 0.2) is 0 Å². The molecule has 1 rings (SSSR count). The van der Waals surface area contributed by atoms with Gasteiger partial charge in [-0.25, -0.2) is 4.79 Å². The zero-order valence-electron chi connectivity index (χ0n) is 7.30. The fraction of sp³-hybridized carbons (Fsp3) is 0.571. The van der Waals surface area contributed by atoms with Gasteiger partial charge in [-0.3, -0.25) is 9.59 Å². The lowest BCUT2D eigenvalue weighted by Crippen LogP contribution is -2.41. The summed E-state index contributed by atoms with van der Waals surface area (Å²) in [6, 6.07) is -1.24. The molecule has 3 N–H and O–H groups in total. The van der Waals surface area contributed by atoms with Crippen LogP contribution in [-0.4, -0.2) is 40.6 Å². The van der Waals surface area contributed by atoms with E-state index in [1.807, 2.05) is 0 Å². The summed E-state index contributed by atoms with van der Waals surface area (Å²) >= 11 is 0. The van der Waals surface area contributed by atoms with E-state index in [4.69, 9.17) is 10.8 Å². The molecule has 7 heteroatoms. The van der Waals surface area contributed by atoms with Crippen LogP contribution in [0.5, 0.6) is 0 Å². The third kappa shape index (κ3) is 2.06. The van der Waals surface area contributed by atoms with Crippen LogP contribution in [0.2, 0.25) is 0 Å². The SMILES string of the molecule is N[C@@H](CO)C(=O)ON1C(=O)CCC1=O. The van der Waals surface area contributed by atoms with Gasteiger partial charge in [0.05, 0.1) is 6.61 Å². The average Bonchev–Trinajstić information content (AvgIpc) is 2.48. The van der Waals surface area contributed by atoms with Crippen molar-refractivity contribution in [1.29, 1.82) is 0 Å². The van der Waals surface area contributed by atoms with Gasteiger partial charge in [-0.1, -0.05) is 0 Å². The summed E-state index contributed by atoms with van der Waals surface area (Å²) in [6.07, 6.45) is 0.0565. The summed E-state index contributed by atoms with van der Waals surface area (Å²) in [5.41, 5.74) is 5.11. The van der Waals surface area contributed by atoms with Gasteiger partial charge in [0.25, 0.3) is 11.8 Å². The van der Waals surface area contributed by atoms with Crippen molar-refractivity contribution in [3.8, 4) is 0 Å². The van der Waals surface area contributed by atoms with Crippen molar-refractivity contribution >= 4 is 17.8 Å². The lowest BCUT2D eigenvalue weighted by atomic mass is 10.3. The number of hydrogen-bond donors (Lipinski definition) is 2. The van der Waals surface area contributed by atoms with Crippen LogP contribution < -0.4 is 5.73 Å². The Kier molecular flexibility index (Phi) is 3.15. The number of nitrogens with zero attached hydrogens (tertiary/aromatic N) is 1. The Balaban J connectivity index is 2.55. The molecule has 1 atom stereocenters. The minimum Gasteiger partial charge on any atom is -0.394 e. The molecule has 0 saturated carbocycles. The van der Waals surface area contributed by atoms with E-state index >= 15 is 0 Å². The zero-order chi connectivity index (χ0) is 10.7. The van der Waals surface area contributed by atoms with Crippen LogP contribution in [0, 0.1) is 0 Å². The lowest BCUT2D eigenvalue weighted by Gasteiger charge is -2.14. The number of imide groups is 1. The van der Waals surface area contributed by atoms with E-state index < -0.39 is 30.4 Å². The predicted molar refractivity (Wildman–Crippen MR) is 42.2 cm³/mol. The van der Waals surface area contributed by atoms with Crippen molar-refractivity contribution in [3.63, 3.8) is 0 Å². The number of carbonyl (C=O) groups excluding carboxylic acids is 3. The van der Waals surface area contributed by atoms with Crippen LogP contribution in [0.3, 0.4) is 0 Å². The number of rotatable bonds is 3. The smallest absolute Gasteiger partial charge is 0.352 e. The van der Waals surface area contributed by atoms with Crippen molar-refractivity contribution in [2.75, 3.05) is 6.61 Å². The molecule has 1 saturated heterocycles. The molecule has 14 heavy (non-hydrogen) atoms. The highest BCUT2D eigenvalue weighted by molar-refractivity contribution is 6.01. The van der Waals surface area contributed by atoms with E-state index in [1.54, 1.807) is 0 Å². The van der Waals surface area contributed by atoms with E-state index in [0.717, 1.165) is 0 Å². The van der Waals surface area contributed by atoms with Gasteiger partial charge in [0.1, 0.15) is 6.04 Å². The van der Waals surface area contributed by atoms with Gasteiger partial charge in [0, 0.05) is 12.8 Å².